The van der Waals surface area contributed by atoms with E-state index in [2.05, 4.69) is 5.32 Å². The molecule has 2 aromatic carbocycles. The number of rotatable bonds is 5. The van der Waals surface area contributed by atoms with E-state index in [9.17, 15) is 9.59 Å². The maximum atomic E-state index is 12.8. The van der Waals surface area contributed by atoms with Crippen LogP contribution in [0.15, 0.2) is 53.5 Å². The zero-order valence-electron chi connectivity index (χ0n) is 14.6. The van der Waals surface area contributed by atoms with Gasteiger partial charge >= 0.3 is 0 Å². The van der Waals surface area contributed by atoms with Crippen molar-refractivity contribution in [3.8, 4) is 5.75 Å². The van der Waals surface area contributed by atoms with Crippen LogP contribution >= 0.6 is 11.6 Å². The average molecular weight is 371 g/mol. The van der Waals surface area contributed by atoms with Crippen molar-refractivity contribution < 1.29 is 9.53 Å². The molecule has 0 spiro atoms. The minimum Gasteiger partial charge on any atom is -0.494 e. The molecule has 1 heterocycles. The van der Waals surface area contributed by atoms with Gasteiger partial charge in [-0.3, -0.25) is 9.59 Å². The van der Waals surface area contributed by atoms with Crippen LogP contribution in [0, 0.1) is 0 Å². The summed E-state index contributed by atoms with van der Waals surface area (Å²) in [5, 5.41) is 3.78. The van der Waals surface area contributed by atoms with Gasteiger partial charge < -0.3 is 14.6 Å². The number of amides is 1. The number of benzene rings is 2. The van der Waals surface area contributed by atoms with Gasteiger partial charge in [0.05, 0.1) is 17.5 Å². The number of aromatic nitrogens is 1. The molecular formula is C20H19ClN2O3. The van der Waals surface area contributed by atoms with Gasteiger partial charge in [0, 0.05) is 24.8 Å². The van der Waals surface area contributed by atoms with Crippen molar-refractivity contribution in [2.24, 2.45) is 7.05 Å². The van der Waals surface area contributed by atoms with Crippen molar-refractivity contribution in [2.75, 3.05) is 6.61 Å². The highest BCUT2D eigenvalue weighted by atomic mass is 35.5. The Bertz CT molecular complexity index is 1030. The van der Waals surface area contributed by atoms with E-state index in [1.165, 1.54) is 0 Å². The summed E-state index contributed by atoms with van der Waals surface area (Å²) < 4.78 is 7.23. The predicted octanol–water partition coefficient (Wildman–Crippen LogP) is 3.52. The third-order valence-corrected chi connectivity index (χ3v) is 4.48. The fourth-order valence-corrected chi connectivity index (χ4v) is 3.00. The number of ether oxygens (including phenoxy) is 1. The third-order valence-electron chi connectivity index (χ3n) is 4.11. The Kier molecular flexibility index (Phi) is 5.28. The van der Waals surface area contributed by atoms with Crippen LogP contribution in [0.1, 0.15) is 22.8 Å². The number of halogens is 1. The number of nitrogens with one attached hydrogen (secondary N) is 1. The first-order valence-electron chi connectivity index (χ1n) is 8.29. The lowest BCUT2D eigenvalue weighted by Crippen LogP contribution is -2.29. The first-order chi connectivity index (χ1) is 12.5. The van der Waals surface area contributed by atoms with Crippen LogP contribution in [0.5, 0.6) is 5.75 Å². The normalized spacial score (nSPS) is 10.7. The van der Waals surface area contributed by atoms with E-state index < -0.39 is 5.91 Å². The molecular weight excluding hydrogens is 352 g/mol. The minimum absolute atomic E-state index is 0.0840. The standard InChI is InChI=1S/C20H19ClN2O3/c1-3-26-14-8-9-18-15(10-14)19(24)16(12-23(18)2)20(25)22-11-13-6-4-5-7-17(13)21/h4-10,12H,3,11H2,1-2H3,(H,22,25). The molecule has 0 saturated carbocycles. The predicted molar refractivity (Wildman–Crippen MR) is 103 cm³/mol. The van der Waals surface area contributed by atoms with E-state index in [0.29, 0.717) is 22.8 Å². The van der Waals surface area contributed by atoms with Gasteiger partial charge in [0.25, 0.3) is 5.91 Å². The van der Waals surface area contributed by atoms with E-state index in [0.717, 1.165) is 11.1 Å². The fraction of sp³-hybridized carbons (Fsp3) is 0.200. The molecule has 0 unspecified atom stereocenters. The second-order valence-corrected chi connectivity index (χ2v) is 6.28. The zero-order valence-corrected chi connectivity index (χ0v) is 15.3. The first kappa shape index (κ1) is 18.0. The summed E-state index contributed by atoms with van der Waals surface area (Å²) in [6.45, 7) is 2.63. The molecule has 0 aliphatic rings. The van der Waals surface area contributed by atoms with Crippen LogP contribution in [0.2, 0.25) is 5.02 Å². The zero-order chi connectivity index (χ0) is 18.7. The highest BCUT2D eigenvalue weighted by molar-refractivity contribution is 6.31. The third kappa shape index (κ3) is 3.58. The molecule has 0 radical (unpaired) electrons. The molecule has 0 aliphatic heterocycles. The van der Waals surface area contributed by atoms with Crippen LogP contribution in [-0.4, -0.2) is 17.1 Å². The van der Waals surface area contributed by atoms with Gasteiger partial charge in [-0.15, -0.1) is 0 Å². The Labute approximate surface area is 156 Å². The molecule has 5 nitrogen and oxygen atoms in total. The van der Waals surface area contributed by atoms with Gasteiger partial charge in [0.1, 0.15) is 11.3 Å². The maximum Gasteiger partial charge on any atom is 0.257 e. The highest BCUT2D eigenvalue weighted by Crippen LogP contribution is 2.19. The number of carbonyl (C=O) groups is 1. The van der Waals surface area contributed by atoms with Crippen molar-refractivity contribution in [3.05, 3.63) is 75.0 Å². The molecule has 134 valence electrons. The summed E-state index contributed by atoms with van der Waals surface area (Å²) in [5.41, 5.74) is 1.29. The lowest BCUT2D eigenvalue weighted by atomic mass is 10.1. The monoisotopic (exact) mass is 370 g/mol. The Balaban J connectivity index is 1.94. The minimum atomic E-state index is -0.436. The summed E-state index contributed by atoms with van der Waals surface area (Å²) in [4.78, 5) is 25.4. The Morgan fingerprint density at radius 1 is 1.23 bits per heavy atom. The van der Waals surface area contributed by atoms with Crippen molar-refractivity contribution in [1.82, 2.24) is 9.88 Å². The number of hydrogen-bond acceptors (Lipinski definition) is 3. The molecule has 3 rings (SSSR count). The summed E-state index contributed by atoms with van der Waals surface area (Å²) in [5.74, 6) is 0.167. The Morgan fingerprint density at radius 3 is 2.73 bits per heavy atom. The van der Waals surface area contributed by atoms with Gasteiger partial charge in [-0.2, -0.15) is 0 Å². The Hall–Kier alpha value is -2.79. The van der Waals surface area contributed by atoms with Gasteiger partial charge in [0.15, 0.2) is 0 Å². The second kappa shape index (κ2) is 7.62. The van der Waals surface area contributed by atoms with Crippen LogP contribution < -0.4 is 15.5 Å². The van der Waals surface area contributed by atoms with Crippen molar-refractivity contribution in [1.29, 1.82) is 0 Å². The molecule has 3 aromatic rings. The number of carbonyl (C=O) groups excluding carboxylic acids is 1. The molecule has 0 bridgehead atoms. The molecule has 0 aliphatic carbocycles. The SMILES string of the molecule is CCOc1ccc2c(c1)c(=O)c(C(=O)NCc1ccccc1Cl)cn2C. The smallest absolute Gasteiger partial charge is 0.257 e. The van der Waals surface area contributed by atoms with E-state index >= 15 is 0 Å². The van der Waals surface area contributed by atoms with Crippen LogP contribution in [0.3, 0.4) is 0 Å². The fourth-order valence-electron chi connectivity index (χ4n) is 2.80. The lowest BCUT2D eigenvalue weighted by Gasteiger charge is -2.11. The van der Waals surface area contributed by atoms with E-state index in [1.807, 2.05) is 37.3 Å². The summed E-state index contributed by atoms with van der Waals surface area (Å²) >= 11 is 6.10. The van der Waals surface area contributed by atoms with Crippen molar-refractivity contribution in [3.63, 3.8) is 0 Å². The first-order valence-corrected chi connectivity index (χ1v) is 8.67. The van der Waals surface area contributed by atoms with Crippen molar-refractivity contribution in [2.45, 2.75) is 13.5 Å². The van der Waals surface area contributed by atoms with Gasteiger partial charge in [-0.1, -0.05) is 29.8 Å². The van der Waals surface area contributed by atoms with E-state index in [1.54, 1.807) is 29.9 Å². The Morgan fingerprint density at radius 2 is 2.00 bits per heavy atom. The number of fused-ring (bicyclic) bond motifs is 1. The topological polar surface area (TPSA) is 60.3 Å². The van der Waals surface area contributed by atoms with Crippen molar-refractivity contribution >= 4 is 28.4 Å². The average Bonchev–Trinajstić information content (AvgIpc) is 2.64. The number of aryl methyl sites for hydroxylation is 1. The van der Waals surface area contributed by atoms with Gasteiger partial charge in [-0.05, 0) is 36.8 Å². The van der Waals surface area contributed by atoms with E-state index in [-0.39, 0.29) is 17.5 Å². The molecule has 1 amide bonds. The number of nitrogens with zero attached hydrogens (tertiary/aromatic N) is 1. The molecule has 0 atom stereocenters. The molecule has 0 fully saturated rings. The largest absolute Gasteiger partial charge is 0.494 e. The quantitative estimate of drug-likeness (QED) is 0.747. The maximum absolute atomic E-state index is 12.8. The molecule has 6 heteroatoms. The van der Waals surface area contributed by atoms with Crippen LogP contribution in [-0.2, 0) is 13.6 Å². The van der Waals surface area contributed by atoms with Crippen LogP contribution in [0.25, 0.3) is 10.9 Å². The van der Waals surface area contributed by atoms with Gasteiger partial charge in [-0.25, -0.2) is 0 Å². The molecule has 26 heavy (non-hydrogen) atoms. The number of pyridine rings is 1. The van der Waals surface area contributed by atoms with Crippen LogP contribution in [0.4, 0.5) is 0 Å². The second-order valence-electron chi connectivity index (χ2n) is 5.87. The lowest BCUT2D eigenvalue weighted by molar-refractivity contribution is 0.0949. The van der Waals surface area contributed by atoms with Gasteiger partial charge in [0.2, 0.25) is 5.43 Å². The summed E-state index contributed by atoms with van der Waals surface area (Å²) in [7, 11) is 1.80. The molecule has 1 aromatic heterocycles. The molecule has 0 saturated heterocycles. The number of hydrogen-bond donors (Lipinski definition) is 1. The van der Waals surface area contributed by atoms with E-state index in [4.69, 9.17) is 16.3 Å². The molecule has 1 N–H and O–H groups in total. The summed E-state index contributed by atoms with van der Waals surface area (Å²) in [6, 6.07) is 12.5. The summed E-state index contributed by atoms with van der Waals surface area (Å²) in [6.07, 6.45) is 1.55. The highest BCUT2D eigenvalue weighted by Gasteiger charge is 2.15.